The van der Waals surface area contributed by atoms with E-state index in [0.717, 1.165) is 24.8 Å². The van der Waals surface area contributed by atoms with E-state index >= 15 is 0 Å². The molecule has 0 bridgehead atoms. The van der Waals surface area contributed by atoms with E-state index < -0.39 is 0 Å². The van der Waals surface area contributed by atoms with Crippen molar-refractivity contribution in [3.63, 3.8) is 0 Å². The summed E-state index contributed by atoms with van der Waals surface area (Å²) in [5.74, 6) is 0.235. The lowest BCUT2D eigenvalue weighted by atomic mass is 9.96. The largest absolute Gasteiger partial charge is 0.465 e. The number of aromatic nitrogens is 1. The summed E-state index contributed by atoms with van der Waals surface area (Å²) in [7, 11) is 0. The minimum absolute atomic E-state index is 0.00740. The molecule has 2 fully saturated rings. The molecule has 2 saturated heterocycles. The summed E-state index contributed by atoms with van der Waals surface area (Å²) in [5, 5.41) is 0. The molecule has 2 aromatic rings. The minimum Gasteiger partial charge on any atom is -0.465 e. The van der Waals surface area contributed by atoms with E-state index in [-0.39, 0.29) is 24.4 Å². The first kappa shape index (κ1) is 18.9. The van der Waals surface area contributed by atoms with Crippen LogP contribution in [0.15, 0.2) is 52.2 Å². The van der Waals surface area contributed by atoms with Crippen LogP contribution in [0.5, 0.6) is 0 Å². The Morgan fingerprint density at radius 2 is 2.25 bits per heavy atom. The minimum atomic E-state index is -0.255. The Hall–Kier alpha value is -2.45. The molecular weight excluding hydrogens is 394 g/mol. The lowest BCUT2D eigenvalue weighted by molar-refractivity contribution is -0.138. The van der Waals surface area contributed by atoms with Crippen molar-refractivity contribution in [3.05, 3.63) is 59.2 Å². The summed E-state index contributed by atoms with van der Waals surface area (Å²) in [6.07, 6.45) is 9.66. The fourth-order valence-corrected chi connectivity index (χ4v) is 4.75. The molecule has 1 unspecified atom stereocenters. The highest BCUT2D eigenvalue weighted by atomic mass is 32.2. The van der Waals surface area contributed by atoms with Gasteiger partial charge in [-0.05, 0) is 43.0 Å². The molecule has 2 aromatic heterocycles. The third-order valence-corrected chi connectivity index (χ3v) is 6.25. The van der Waals surface area contributed by atoms with Gasteiger partial charge in [-0.25, -0.2) is 0 Å². The standard InChI is InChI=1S/C20H19N3O3S2/c24-18(22-9-2-1-7-16(22)14-5-3-8-21-12-14)13-23-19(25)17(28-20(23)27)11-15-6-4-10-26-15/h3-6,8,10-12,16H,1-2,7,9,13H2/b17-11+. The molecule has 0 N–H and O–H groups in total. The van der Waals surface area contributed by atoms with Gasteiger partial charge in [0.2, 0.25) is 5.91 Å². The average molecular weight is 414 g/mol. The van der Waals surface area contributed by atoms with Gasteiger partial charge in [0.25, 0.3) is 5.91 Å². The number of nitrogens with zero attached hydrogens (tertiary/aromatic N) is 3. The van der Waals surface area contributed by atoms with E-state index in [1.165, 1.54) is 16.7 Å². The van der Waals surface area contributed by atoms with Gasteiger partial charge in [-0.15, -0.1) is 0 Å². The van der Waals surface area contributed by atoms with Crippen molar-refractivity contribution in [2.75, 3.05) is 13.1 Å². The zero-order valence-corrected chi connectivity index (χ0v) is 16.7. The topological polar surface area (TPSA) is 66.7 Å². The van der Waals surface area contributed by atoms with Gasteiger partial charge in [-0.2, -0.15) is 0 Å². The van der Waals surface area contributed by atoms with Crippen LogP contribution in [0, 0.1) is 0 Å². The van der Waals surface area contributed by atoms with Gasteiger partial charge >= 0.3 is 0 Å². The van der Waals surface area contributed by atoms with Crippen molar-refractivity contribution in [1.29, 1.82) is 0 Å². The van der Waals surface area contributed by atoms with Crippen molar-refractivity contribution in [3.8, 4) is 0 Å². The molecule has 8 heteroatoms. The van der Waals surface area contributed by atoms with Crippen LogP contribution in [0.25, 0.3) is 6.08 Å². The summed E-state index contributed by atoms with van der Waals surface area (Å²) in [5.41, 5.74) is 1.03. The smallest absolute Gasteiger partial charge is 0.266 e. The lowest BCUT2D eigenvalue weighted by Gasteiger charge is -2.36. The predicted molar refractivity (Wildman–Crippen MR) is 111 cm³/mol. The maximum Gasteiger partial charge on any atom is 0.266 e. The number of likely N-dealkylation sites (tertiary alicyclic amines) is 1. The van der Waals surface area contributed by atoms with Crippen molar-refractivity contribution in [2.24, 2.45) is 0 Å². The van der Waals surface area contributed by atoms with Gasteiger partial charge < -0.3 is 9.32 Å². The van der Waals surface area contributed by atoms with Gasteiger partial charge in [0.05, 0.1) is 17.2 Å². The molecule has 0 saturated carbocycles. The quantitative estimate of drug-likeness (QED) is 0.563. The molecule has 0 spiro atoms. The maximum absolute atomic E-state index is 13.1. The molecule has 144 valence electrons. The van der Waals surface area contributed by atoms with Crippen LogP contribution in [-0.2, 0) is 9.59 Å². The maximum atomic E-state index is 13.1. The van der Waals surface area contributed by atoms with Crippen molar-refractivity contribution < 1.29 is 14.0 Å². The number of carbonyl (C=O) groups is 2. The van der Waals surface area contributed by atoms with Crippen LogP contribution < -0.4 is 0 Å². The van der Waals surface area contributed by atoms with Crippen LogP contribution in [0.2, 0.25) is 0 Å². The summed E-state index contributed by atoms with van der Waals surface area (Å²) >= 11 is 6.54. The number of rotatable bonds is 4. The SMILES string of the molecule is O=C1/C(=C\c2ccco2)SC(=S)N1CC(=O)N1CCCCC1c1cccnc1. The van der Waals surface area contributed by atoms with Crippen LogP contribution in [-0.4, -0.2) is 44.0 Å². The normalized spacial score (nSPS) is 21.6. The molecule has 28 heavy (non-hydrogen) atoms. The van der Waals surface area contributed by atoms with E-state index in [4.69, 9.17) is 16.6 Å². The molecule has 0 aromatic carbocycles. The summed E-state index contributed by atoms with van der Waals surface area (Å²) in [4.78, 5) is 33.7. The molecule has 2 aliphatic heterocycles. The molecule has 0 radical (unpaired) electrons. The van der Waals surface area contributed by atoms with Crippen LogP contribution >= 0.6 is 24.0 Å². The van der Waals surface area contributed by atoms with E-state index in [1.54, 1.807) is 30.7 Å². The van der Waals surface area contributed by atoms with E-state index in [9.17, 15) is 9.59 Å². The van der Waals surface area contributed by atoms with Crippen LogP contribution in [0.4, 0.5) is 0 Å². The zero-order valence-electron chi connectivity index (χ0n) is 15.1. The Bertz CT molecular complexity index is 912. The van der Waals surface area contributed by atoms with E-state index in [1.807, 2.05) is 23.2 Å². The van der Waals surface area contributed by atoms with E-state index in [2.05, 4.69) is 4.98 Å². The zero-order chi connectivity index (χ0) is 19.5. The van der Waals surface area contributed by atoms with Crippen molar-refractivity contribution in [1.82, 2.24) is 14.8 Å². The highest BCUT2D eigenvalue weighted by molar-refractivity contribution is 8.26. The summed E-state index contributed by atoms with van der Waals surface area (Å²) in [6, 6.07) is 7.39. The monoisotopic (exact) mass is 413 g/mol. The van der Waals surface area contributed by atoms with Gasteiger partial charge in [0.15, 0.2) is 0 Å². The third-order valence-electron chi connectivity index (χ3n) is 4.88. The van der Waals surface area contributed by atoms with Crippen molar-refractivity contribution >= 4 is 46.2 Å². The summed E-state index contributed by atoms with van der Waals surface area (Å²) in [6.45, 7) is 0.631. The van der Waals surface area contributed by atoms with Crippen LogP contribution in [0.3, 0.4) is 0 Å². The number of thioether (sulfide) groups is 1. The van der Waals surface area contributed by atoms with Gasteiger partial charge in [-0.1, -0.05) is 30.0 Å². The Morgan fingerprint density at radius 3 is 3.00 bits per heavy atom. The Labute approximate surface area is 172 Å². The second-order valence-electron chi connectivity index (χ2n) is 6.67. The number of furan rings is 1. The first-order chi connectivity index (χ1) is 13.6. The molecule has 4 rings (SSSR count). The van der Waals surface area contributed by atoms with E-state index in [0.29, 0.717) is 21.5 Å². The first-order valence-electron chi connectivity index (χ1n) is 9.12. The fourth-order valence-electron chi connectivity index (χ4n) is 3.51. The van der Waals surface area contributed by atoms with Gasteiger partial charge in [0, 0.05) is 25.0 Å². The second kappa shape index (κ2) is 8.28. The Balaban J connectivity index is 1.49. The van der Waals surface area contributed by atoms with Gasteiger partial charge in [-0.3, -0.25) is 19.5 Å². The number of amides is 2. The number of hydrogen-bond acceptors (Lipinski definition) is 6. The molecule has 2 aliphatic rings. The Kier molecular flexibility index (Phi) is 5.59. The van der Waals surface area contributed by atoms with Crippen LogP contribution in [0.1, 0.15) is 36.6 Å². The third kappa shape index (κ3) is 3.88. The van der Waals surface area contributed by atoms with Gasteiger partial charge in [0.1, 0.15) is 16.6 Å². The van der Waals surface area contributed by atoms with Crippen molar-refractivity contribution in [2.45, 2.75) is 25.3 Å². The number of piperidine rings is 1. The first-order valence-corrected chi connectivity index (χ1v) is 10.3. The predicted octanol–water partition coefficient (Wildman–Crippen LogP) is 3.63. The molecule has 0 aliphatic carbocycles. The molecule has 4 heterocycles. The highest BCUT2D eigenvalue weighted by Gasteiger charge is 2.36. The molecule has 6 nitrogen and oxygen atoms in total. The Morgan fingerprint density at radius 1 is 1.36 bits per heavy atom. The molecular formula is C20H19N3O3S2. The number of thiocarbonyl (C=S) groups is 1. The lowest BCUT2D eigenvalue weighted by Crippen LogP contribution is -2.45. The number of carbonyl (C=O) groups excluding carboxylic acids is 2. The fraction of sp³-hybridized carbons (Fsp3) is 0.300. The average Bonchev–Trinajstić information content (AvgIpc) is 3.33. The second-order valence-corrected chi connectivity index (χ2v) is 8.34. The highest BCUT2D eigenvalue weighted by Crippen LogP contribution is 2.34. The molecule has 1 atom stereocenters. The molecule has 2 amide bonds. The number of hydrogen-bond donors (Lipinski definition) is 0. The number of pyridine rings is 1. The summed E-state index contributed by atoms with van der Waals surface area (Å²) < 4.78 is 5.66.